The first kappa shape index (κ1) is 14.1. The van der Waals surface area contributed by atoms with E-state index in [0.717, 1.165) is 16.5 Å². The predicted molar refractivity (Wildman–Crippen MR) is 75.2 cm³/mol. The number of furan rings is 1. The highest BCUT2D eigenvalue weighted by Gasteiger charge is 2.24. The van der Waals surface area contributed by atoms with Gasteiger partial charge in [-0.1, -0.05) is 32.0 Å². The Balaban J connectivity index is 2.10. The summed E-state index contributed by atoms with van der Waals surface area (Å²) < 4.78 is 5.57. The number of benzene rings is 1. The van der Waals surface area contributed by atoms with Gasteiger partial charge in [0.2, 0.25) is 0 Å². The van der Waals surface area contributed by atoms with Crippen molar-refractivity contribution in [3.05, 3.63) is 36.1 Å². The van der Waals surface area contributed by atoms with Crippen molar-refractivity contribution in [2.75, 3.05) is 19.7 Å². The van der Waals surface area contributed by atoms with E-state index < -0.39 is 6.10 Å². The first-order valence-electron chi connectivity index (χ1n) is 6.51. The lowest BCUT2D eigenvalue weighted by Crippen LogP contribution is -2.38. The zero-order chi connectivity index (χ0) is 13.9. The molecule has 2 aromatic rings. The molecule has 0 saturated carbocycles. The van der Waals surface area contributed by atoms with Gasteiger partial charge < -0.3 is 19.9 Å². The van der Waals surface area contributed by atoms with Crippen LogP contribution in [0.5, 0.6) is 0 Å². The van der Waals surface area contributed by atoms with E-state index in [9.17, 15) is 5.11 Å². The summed E-state index contributed by atoms with van der Waals surface area (Å²) in [6.45, 7) is 5.12. The number of nitrogens with one attached hydrogen (secondary N) is 1. The van der Waals surface area contributed by atoms with Crippen molar-refractivity contribution >= 4 is 11.0 Å². The fourth-order valence-corrected chi connectivity index (χ4v) is 2.21. The summed E-state index contributed by atoms with van der Waals surface area (Å²) in [6.07, 6.45) is 1.09. The van der Waals surface area contributed by atoms with Crippen LogP contribution in [0.1, 0.15) is 19.4 Å². The van der Waals surface area contributed by atoms with Crippen molar-refractivity contribution < 1.29 is 14.6 Å². The van der Waals surface area contributed by atoms with Gasteiger partial charge in [-0.05, 0) is 6.07 Å². The van der Waals surface area contributed by atoms with Crippen LogP contribution in [0, 0.1) is 0 Å². The summed E-state index contributed by atoms with van der Waals surface area (Å²) in [5.74, 6) is 0. The Morgan fingerprint density at radius 2 is 2.05 bits per heavy atom. The highest BCUT2D eigenvalue weighted by molar-refractivity contribution is 5.82. The number of hydrogen-bond acceptors (Lipinski definition) is 4. The van der Waals surface area contributed by atoms with Crippen molar-refractivity contribution in [2.24, 2.45) is 0 Å². The van der Waals surface area contributed by atoms with Gasteiger partial charge in [0, 0.05) is 29.5 Å². The topological polar surface area (TPSA) is 65.6 Å². The zero-order valence-corrected chi connectivity index (χ0v) is 11.4. The molecule has 104 valence electrons. The Kier molecular flexibility index (Phi) is 4.24. The Morgan fingerprint density at radius 1 is 1.32 bits per heavy atom. The van der Waals surface area contributed by atoms with Gasteiger partial charge in [-0.2, -0.15) is 0 Å². The van der Waals surface area contributed by atoms with E-state index in [1.165, 1.54) is 0 Å². The summed E-state index contributed by atoms with van der Waals surface area (Å²) >= 11 is 0. The second-order valence-corrected chi connectivity index (χ2v) is 5.50. The number of aliphatic hydroxyl groups excluding tert-OH is 2. The number of para-hydroxylation sites is 1. The smallest absolute Gasteiger partial charge is 0.134 e. The van der Waals surface area contributed by atoms with Gasteiger partial charge in [0.05, 0.1) is 19.0 Å². The third kappa shape index (κ3) is 3.15. The molecule has 19 heavy (non-hydrogen) atoms. The maximum Gasteiger partial charge on any atom is 0.134 e. The third-order valence-electron chi connectivity index (χ3n) is 3.37. The average molecular weight is 263 g/mol. The molecule has 1 heterocycles. The monoisotopic (exact) mass is 263 g/mol. The predicted octanol–water partition coefficient (Wildman–Crippen LogP) is 1.65. The minimum Gasteiger partial charge on any atom is -0.464 e. The van der Waals surface area contributed by atoms with Gasteiger partial charge >= 0.3 is 0 Å². The van der Waals surface area contributed by atoms with E-state index in [4.69, 9.17) is 9.52 Å². The summed E-state index contributed by atoms with van der Waals surface area (Å²) in [5.41, 5.74) is 1.93. The minimum absolute atomic E-state index is 0.109. The standard InChI is InChI=1S/C15H21NO3/c1-15(2,10-16-7-11(18)8-17)13-9-19-14-6-4-3-5-12(13)14/h3-6,9,11,16-18H,7-8,10H2,1-2H3. The quantitative estimate of drug-likeness (QED) is 0.741. The molecule has 1 aromatic carbocycles. The number of fused-ring (bicyclic) bond motifs is 1. The van der Waals surface area contributed by atoms with Crippen LogP contribution in [0.2, 0.25) is 0 Å². The molecule has 0 radical (unpaired) electrons. The van der Waals surface area contributed by atoms with Crippen molar-refractivity contribution in [1.29, 1.82) is 0 Å². The van der Waals surface area contributed by atoms with Gasteiger partial charge in [-0.3, -0.25) is 0 Å². The second-order valence-electron chi connectivity index (χ2n) is 5.50. The molecular formula is C15H21NO3. The van der Waals surface area contributed by atoms with E-state index in [1.54, 1.807) is 6.26 Å². The number of aliphatic hydroxyl groups is 2. The van der Waals surface area contributed by atoms with Crippen LogP contribution in [0.25, 0.3) is 11.0 Å². The lowest BCUT2D eigenvalue weighted by molar-refractivity contribution is 0.0934. The van der Waals surface area contributed by atoms with E-state index in [1.807, 2.05) is 18.2 Å². The lowest BCUT2D eigenvalue weighted by Gasteiger charge is -2.25. The Morgan fingerprint density at radius 3 is 2.79 bits per heavy atom. The molecular weight excluding hydrogens is 242 g/mol. The molecule has 0 amide bonds. The molecule has 3 N–H and O–H groups in total. The van der Waals surface area contributed by atoms with Crippen LogP contribution < -0.4 is 5.32 Å². The van der Waals surface area contributed by atoms with Gasteiger partial charge in [-0.25, -0.2) is 0 Å². The summed E-state index contributed by atoms with van der Waals surface area (Å²) in [4.78, 5) is 0. The molecule has 4 heteroatoms. The summed E-state index contributed by atoms with van der Waals surface area (Å²) in [5, 5.41) is 22.4. The van der Waals surface area contributed by atoms with E-state index in [2.05, 4.69) is 25.2 Å². The summed E-state index contributed by atoms with van der Waals surface area (Å²) in [7, 11) is 0. The van der Waals surface area contributed by atoms with E-state index >= 15 is 0 Å². The summed E-state index contributed by atoms with van der Waals surface area (Å²) in [6, 6.07) is 7.97. The Bertz CT molecular complexity index is 533. The lowest BCUT2D eigenvalue weighted by atomic mass is 9.84. The molecule has 0 fully saturated rings. The molecule has 0 aliphatic carbocycles. The molecule has 0 aliphatic rings. The largest absolute Gasteiger partial charge is 0.464 e. The highest BCUT2D eigenvalue weighted by atomic mass is 16.3. The normalized spacial score (nSPS) is 13.9. The highest BCUT2D eigenvalue weighted by Crippen LogP contribution is 2.31. The SMILES string of the molecule is CC(C)(CNCC(O)CO)c1coc2ccccc12. The first-order valence-corrected chi connectivity index (χ1v) is 6.51. The zero-order valence-electron chi connectivity index (χ0n) is 11.4. The van der Waals surface area contributed by atoms with Crippen LogP contribution >= 0.6 is 0 Å². The number of hydrogen-bond donors (Lipinski definition) is 3. The van der Waals surface area contributed by atoms with Crippen LogP contribution in [0.3, 0.4) is 0 Å². The van der Waals surface area contributed by atoms with Crippen LogP contribution in [0.4, 0.5) is 0 Å². The van der Waals surface area contributed by atoms with Crippen LogP contribution in [-0.2, 0) is 5.41 Å². The molecule has 4 nitrogen and oxygen atoms in total. The Hall–Kier alpha value is -1.36. The van der Waals surface area contributed by atoms with Crippen LogP contribution in [0.15, 0.2) is 34.9 Å². The number of rotatable bonds is 6. The van der Waals surface area contributed by atoms with Crippen molar-refractivity contribution in [3.8, 4) is 0 Å². The van der Waals surface area contributed by atoms with E-state index in [-0.39, 0.29) is 12.0 Å². The minimum atomic E-state index is -0.711. The molecule has 1 unspecified atom stereocenters. The van der Waals surface area contributed by atoms with Gasteiger partial charge in [0.25, 0.3) is 0 Å². The molecule has 0 spiro atoms. The third-order valence-corrected chi connectivity index (χ3v) is 3.37. The van der Waals surface area contributed by atoms with Gasteiger partial charge in [-0.15, -0.1) is 0 Å². The first-order chi connectivity index (χ1) is 9.04. The van der Waals surface area contributed by atoms with Gasteiger partial charge in [0.15, 0.2) is 0 Å². The van der Waals surface area contributed by atoms with Crippen molar-refractivity contribution in [3.63, 3.8) is 0 Å². The second kappa shape index (κ2) is 5.74. The molecule has 1 aromatic heterocycles. The van der Waals surface area contributed by atoms with E-state index in [0.29, 0.717) is 13.1 Å². The fraction of sp³-hybridized carbons (Fsp3) is 0.467. The Labute approximate surface area is 113 Å². The maximum atomic E-state index is 9.33. The molecule has 2 rings (SSSR count). The molecule has 0 saturated heterocycles. The molecule has 0 bridgehead atoms. The average Bonchev–Trinajstić information content (AvgIpc) is 2.82. The molecule has 0 aliphatic heterocycles. The van der Waals surface area contributed by atoms with Gasteiger partial charge in [0.1, 0.15) is 5.58 Å². The molecule has 1 atom stereocenters. The fourth-order valence-electron chi connectivity index (χ4n) is 2.21. The van der Waals surface area contributed by atoms with Crippen LogP contribution in [-0.4, -0.2) is 36.0 Å². The van der Waals surface area contributed by atoms with Crippen molar-refractivity contribution in [2.45, 2.75) is 25.4 Å². The maximum absolute atomic E-state index is 9.33. The van der Waals surface area contributed by atoms with Crippen molar-refractivity contribution in [1.82, 2.24) is 5.32 Å².